The summed E-state index contributed by atoms with van der Waals surface area (Å²) < 4.78 is 33.5. The van der Waals surface area contributed by atoms with E-state index in [2.05, 4.69) is 5.32 Å². The molecule has 0 spiro atoms. The molecule has 0 saturated heterocycles. The number of hydrogen-bond acceptors (Lipinski definition) is 4. The van der Waals surface area contributed by atoms with E-state index in [1.54, 1.807) is 6.07 Å². The van der Waals surface area contributed by atoms with Crippen molar-refractivity contribution in [2.45, 2.75) is 24.4 Å². The normalized spacial score (nSPS) is 12.4. The smallest absolute Gasteiger partial charge is 0.247 e. The van der Waals surface area contributed by atoms with E-state index in [0.29, 0.717) is 0 Å². The summed E-state index contributed by atoms with van der Waals surface area (Å²) in [5.74, 6) is -0.257. The lowest BCUT2D eigenvalue weighted by molar-refractivity contribution is -0.122. The van der Waals surface area contributed by atoms with Gasteiger partial charge in [0, 0.05) is 11.6 Å². The Morgan fingerprint density at radius 2 is 1.66 bits per heavy atom. The maximum absolute atomic E-state index is 13.6. The molecule has 0 fully saturated rings. The predicted octanol–water partition coefficient (Wildman–Crippen LogP) is 4.42. The van der Waals surface area contributed by atoms with E-state index in [1.165, 1.54) is 19.2 Å². The molecule has 0 aromatic heterocycles. The van der Waals surface area contributed by atoms with Crippen molar-refractivity contribution in [3.05, 3.63) is 95.0 Å². The first-order chi connectivity index (χ1) is 15.3. The summed E-state index contributed by atoms with van der Waals surface area (Å²) in [5.41, 5.74) is 1.68. The molecule has 168 valence electrons. The van der Waals surface area contributed by atoms with Crippen molar-refractivity contribution in [2.75, 3.05) is 13.7 Å². The largest absolute Gasteiger partial charge is 0.495 e. The number of nitrogens with zero attached hydrogens (tertiary/aromatic N) is 1. The Kier molecular flexibility index (Phi) is 7.90. The molecular weight excluding hydrogens is 448 g/mol. The number of hydrogen-bond donors (Lipinski definition) is 1. The third-order valence-electron chi connectivity index (χ3n) is 4.94. The molecule has 0 bridgehead atoms. The topological polar surface area (TPSA) is 75.7 Å². The zero-order valence-corrected chi connectivity index (χ0v) is 19.4. The number of ether oxygens (including phenoxy) is 1. The lowest BCUT2D eigenvalue weighted by atomic mass is 10.1. The number of amides is 1. The van der Waals surface area contributed by atoms with Crippen LogP contribution in [-0.2, 0) is 21.4 Å². The first-order valence-electron chi connectivity index (χ1n) is 10.0. The summed E-state index contributed by atoms with van der Waals surface area (Å²) >= 11 is 6.07. The predicted molar refractivity (Wildman–Crippen MR) is 125 cm³/mol. The lowest BCUT2D eigenvalue weighted by Gasteiger charge is -2.24. The first kappa shape index (κ1) is 23.8. The Hall–Kier alpha value is -2.87. The fourth-order valence-electron chi connectivity index (χ4n) is 3.28. The third-order valence-corrected chi connectivity index (χ3v) is 6.99. The van der Waals surface area contributed by atoms with Gasteiger partial charge in [0.25, 0.3) is 0 Å². The zero-order chi connectivity index (χ0) is 23.1. The molecule has 3 aromatic carbocycles. The molecule has 0 heterocycles. The Morgan fingerprint density at radius 1 is 1.03 bits per heavy atom. The number of halogens is 1. The second-order valence-electron chi connectivity index (χ2n) is 7.25. The summed E-state index contributed by atoms with van der Waals surface area (Å²) in [6.07, 6.45) is 0. The third kappa shape index (κ3) is 5.88. The average Bonchev–Trinajstić information content (AvgIpc) is 2.79. The van der Waals surface area contributed by atoms with Crippen LogP contribution in [0.15, 0.2) is 83.8 Å². The second kappa shape index (κ2) is 10.6. The minimum Gasteiger partial charge on any atom is -0.495 e. The van der Waals surface area contributed by atoms with E-state index in [-0.39, 0.29) is 34.8 Å². The Labute approximate surface area is 193 Å². The van der Waals surface area contributed by atoms with Crippen LogP contribution in [0.3, 0.4) is 0 Å². The van der Waals surface area contributed by atoms with Gasteiger partial charge in [-0.1, -0.05) is 72.3 Å². The van der Waals surface area contributed by atoms with Crippen molar-refractivity contribution in [3.63, 3.8) is 0 Å². The molecule has 1 amide bonds. The highest BCUT2D eigenvalue weighted by atomic mass is 35.5. The maximum atomic E-state index is 13.6. The van der Waals surface area contributed by atoms with Gasteiger partial charge < -0.3 is 10.1 Å². The van der Waals surface area contributed by atoms with Crippen LogP contribution >= 0.6 is 11.6 Å². The SMILES string of the molecule is COc1ccc(Cl)cc1S(=O)(=O)N(CC(=O)N[C@@H](C)c1ccccc1)Cc1ccccc1. The second-order valence-corrected chi connectivity index (χ2v) is 9.60. The highest BCUT2D eigenvalue weighted by molar-refractivity contribution is 7.89. The molecule has 3 rings (SSSR count). The van der Waals surface area contributed by atoms with Crippen LogP contribution in [0.4, 0.5) is 0 Å². The fraction of sp³-hybridized carbons (Fsp3) is 0.208. The van der Waals surface area contributed by atoms with Gasteiger partial charge in [0.2, 0.25) is 15.9 Å². The number of benzene rings is 3. The molecule has 0 aliphatic carbocycles. The van der Waals surface area contributed by atoms with Gasteiger partial charge >= 0.3 is 0 Å². The van der Waals surface area contributed by atoms with Crippen LogP contribution in [0.25, 0.3) is 0 Å². The first-order valence-corrected chi connectivity index (χ1v) is 11.8. The van der Waals surface area contributed by atoms with Gasteiger partial charge in [-0.2, -0.15) is 4.31 Å². The number of carbonyl (C=O) groups excluding carboxylic acids is 1. The van der Waals surface area contributed by atoms with Crippen LogP contribution in [0, 0.1) is 0 Å². The molecule has 0 aliphatic heterocycles. The number of methoxy groups -OCH3 is 1. The number of rotatable bonds is 9. The van der Waals surface area contributed by atoms with E-state index >= 15 is 0 Å². The average molecular weight is 473 g/mol. The number of nitrogens with one attached hydrogen (secondary N) is 1. The lowest BCUT2D eigenvalue weighted by Crippen LogP contribution is -2.41. The van der Waals surface area contributed by atoms with Gasteiger partial charge in [-0.05, 0) is 36.2 Å². The van der Waals surface area contributed by atoms with E-state index < -0.39 is 15.9 Å². The van der Waals surface area contributed by atoms with E-state index in [4.69, 9.17) is 16.3 Å². The van der Waals surface area contributed by atoms with Gasteiger partial charge in [0.1, 0.15) is 10.6 Å². The van der Waals surface area contributed by atoms with Crippen LogP contribution in [-0.4, -0.2) is 32.3 Å². The molecule has 0 aliphatic rings. The Bertz CT molecular complexity index is 1160. The zero-order valence-electron chi connectivity index (χ0n) is 17.9. The van der Waals surface area contributed by atoms with Crippen molar-refractivity contribution in [2.24, 2.45) is 0 Å². The minimum absolute atomic E-state index is 0.0198. The molecule has 0 radical (unpaired) electrons. The number of sulfonamides is 1. The summed E-state index contributed by atoms with van der Waals surface area (Å²) in [6, 6.07) is 22.7. The van der Waals surface area contributed by atoms with Crippen molar-refractivity contribution in [3.8, 4) is 5.75 Å². The molecule has 0 unspecified atom stereocenters. The molecule has 6 nitrogen and oxygen atoms in total. The van der Waals surface area contributed by atoms with Crippen molar-refractivity contribution in [1.82, 2.24) is 9.62 Å². The van der Waals surface area contributed by atoms with Gasteiger partial charge in [0.05, 0.1) is 19.7 Å². The summed E-state index contributed by atoms with van der Waals surface area (Å²) in [5, 5.41) is 3.13. The van der Waals surface area contributed by atoms with E-state index in [9.17, 15) is 13.2 Å². The quantitative estimate of drug-likeness (QED) is 0.500. The Balaban J connectivity index is 1.90. The maximum Gasteiger partial charge on any atom is 0.247 e. The minimum atomic E-state index is -4.10. The summed E-state index contributed by atoms with van der Waals surface area (Å²) in [7, 11) is -2.71. The van der Waals surface area contributed by atoms with Crippen molar-refractivity contribution < 1.29 is 17.9 Å². The van der Waals surface area contributed by atoms with E-state index in [0.717, 1.165) is 15.4 Å². The van der Waals surface area contributed by atoms with E-state index in [1.807, 2.05) is 67.6 Å². The summed E-state index contributed by atoms with van der Waals surface area (Å²) in [4.78, 5) is 12.8. The van der Waals surface area contributed by atoms with Gasteiger partial charge in [-0.25, -0.2) is 8.42 Å². The number of carbonyl (C=O) groups is 1. The summed E-state index contributed by atoms with van der Waals surface area (Å²) in [6.45, 7) is 1.51. The van der Waals surface area contributed by atoms with Gasteiger partial charge in [-0.15, -0.1) is 0 Å². The van der Waals surface area contributed by atoms with Crippen LogP contribution < -0.4 is 10.1 Å². The standard InChI is InChI=1S/C24H25ClN2O4S/c1-18(20-11-7-4-8-12-20)26-24(28)17-27(16-19-9-5-3-6-10-19)32(29,30)23-15-21(25)13-14-22(23)31-2/h3-15,18H,16-17H2,1-2H3,(H,26,28)/t18-/m0/s1. The van der Waals surface area contributed by atoms with Crippen molar-refractivity contribution >= 4 is 27.5 Å². The highest BCUT2D eigenvalue weighted by Gasteiger charge is 2.30. The molecule has 1 atom stereocenters. The van der Waals surface area contributed by atoms with Crippen LogP contribution in [0.2, 0.25) is 5.02 Å². The van der Waals surface area contributed by atoms with Crippen LogP contribution in [0.1, 0.15) is 24.1 Å². The molecule has 1 N–H and O–H groups in total. The molecule has 32 heavy (non-hydrogen) atoms. The van der Waals surface area contributed by atoms with Gasteiger partial charge in [0.15, 0.2) is 0 Å². The molecule has 3 aromatic rings. The molecule has 8 heteroatoms. The highest BCUT2D eigenvalue weighted by Crippen LogP contribution is 2.30. The van der Waals surface area contributed by atoms with Crippen molar-refractivity contribution in [1.29, 1.82) is 0 Å². The molecular formula is C24H25ClN2O4S. The van der Waals surface area contributed by atoms with Crippen LogP contribution in [0.5, 0.6) is 5.75 Å². The monoisotopic (exact) mass is 472 g/mol. The van der Waals surface area contributed by atoms with Gasteiger partial charge in [-0.3, -0.25) is 4.79 Å². The Morgan fingerprint density at radius 3 is 2.28 bits per heavy atom. The molecule has 0 saturated carbocycles. The fourth-order valence-corrected chi connectivity index (χ4v) is 5.08.